The van der Waals surface area contributed by atoms with Gasteiger partial charge in [0.15, 0.2) is 11.8 Å². The molecule has 1 heterocycles. The van der Waals surface area contributed by atoms with Crippen molar-refractivity contribution in [2.24, 2.45) is 5.18 Å². The number of nitrogens with zero attached hydrogens (tertiary/aromatic N) is 2. The second-order valence-corrected chi connectivity index (χ2v) is 4.40. The third-order valence-corrected chi connectivity index (χ3v) is 2.70. The third kappa shape index (κ3) is 1.11. The number of carbonyl (C=O) groups excluding carboxylic acids is 1. The lowest BCUT2D eigenvalue weighted by Crippen LogP contribution is -2.48. The van der Waals surface area contributed by atoms with E-state index in [9.17, 15) is 14.9 Å². The maximum Gasteiger partial charge on any atom is 0.184 e. The molecule has 1 N–H and O–H groups in total. The number of carbonyl (C=O) groups is 1. The fraction of sp³-hybridized carbons (Fsp3) is 0.875. The molecule has 1 unspecified atom stereocenters. The average Bonchev–Trinajstić information content (AvgIpc) is 2.12. The molecule has 0 spiro atoms. The van der Waals surface area contributed by atoms with Gasteiger partial charge in [0.2, 0.25) is 0 Å². The molecule has 0 aromatic carbocycles. The molecule has 0 radical (unpaired) electrons. The highest BCUT2D eigenvalue weighted by Crippen LogP contribution is 2.37. The first kappa shape index (κ1) is 10.3. The van der Waals surface area contributed by atoms with Crippen molar-refractivity contribution in [2.45, 2.75) is 44.8 Å². The molecule has 1 aliphatic heterocycles. The fourth-order valence-corrected chi connectivity index (χ4v) is 1.77. The molecule has 0 bridgehead atoms. The summed E-state index contributed by atoms with van der Waals surface area (Å²) >= 11 is 0. The molecule has 0 aliphatic carbocycles. The van der Waals surface area contributed by atoms with Crippen LogP contribution >= 0.6 is 0 Å². The van der Waals surface area contributed by atoms with E-state index >= 15 is 0 Å². The zero-order chi connectivity index (χ0) is 10.4. The molecule has 1 aliphatic rings. The van der Waals surface area contributed by atoms with Gasteiger partial charge < -0.3 is 5.21 Å². The first-order chi connectivity index (χ1) is 5.76. The number of nitroso groups, excluding NO2 is 1. The Morgan fingerprint density at radius 1 is 1.38 bits per heavy atom. The van der Waals surface area contributed by atoms with Gasteiger partial charge in [0.05, 0.1) is 5.54 Å². The van der Waals surface area contributed by atoms with Crippen molar-refractivity contribution in [1.82, 2.24) is 5.06 Å². The Bertz CT molecular complexity index is 260. The third-order valence-electron chi connectivity index (χ3n) is 2.70. The normalized spacial score (nSPS) is 32.1. The van der Waals surface area contributed by atoms with Crippen LogP contribution < -0.4 is 0 Å². The minimum absolute atomic E-state index is 0.338. The molecule has 1 rings (SSSR count). The SMILES string of the molecule is CC1(C)C(=O)C(N=O)C(C)(C)N1O. The first-order valence-corrected chi connectivity index (χ1v) is 4.12. The van der Waals surface area contributed by atoms with Crippen LogP contribution in [0.1, 0.15) is 27.7 Å². The van der Waals surface area contributed by atoms with E-state index in [0.29, 0.717) is 0 Å². The highest BCUT2D eigenvalue weighted by Gasteiger charge is 2.59. The van der Waals surface area contributed by atoms with Crippen LogP contribution in [-0.4, -0.2) is 33.2 Å². The number of hydroxylamine groups is 2. The van der Waals surface area contributed by atoms with E-state index in [0.717, 1.165) is 5.06 Å². The Morgan fingerprint density at radius 3 is 2.00 bits per heavy atom. The summed E-state index contributed by atoms with van der Waals surface area (Å²) in [6.45, 7) is 6.38. The van der Waals surface area contributed by atoms with Crippen LogP contribution in [0.15, 0.2) is 5.18 Å². The van der Waals surface area contributed by atoms with Crippen molar-refractivity contribution in [3.63, 3.8) is 0 Å². The van der Waals surface area contributed by atoms with Gasteiger partial charge in [-0.05, 0) is 27.7 Å². The molecule has 1 fully saturated rings. The van der Waals surface area contributed by atoms with Crippen molar-refractivity contribution in [2.75, 3.05) is 0 Å². The number of ketones is 1. The summed E-state index contributed by atoms with van der Waals surface area (Å²) in [5.74, 6) is -0.338. The van der Waals surface area contributed by atoms with Gasteiger partial charge in [-0.15, -0.1) is 4.91 Å². The minimum Gasteiger partial charge on any atom is -0.312 e. The molecule has 0 aromatic rings. The Morgan fingerprint density at radius 2 is 1.85 bits per heavy atom. The molecule has 74 valence electrons. The predicted octanol–water partition coefficient (Wildman–Crippen LogP) is 0.953. The van der Waals surface area contributed by atoms with Gasteiger partial charge in [0, 0.05) is 0 Å². The van der Waals surface area contributed by atoms with Gasteiger partial charge in [-0.1, -0.05) is 5.18 Å². The lowest BCUT2D eigenvalue weighted by molar-refractivity contribution is -0.193. The van der Waals surface area contributed by atoms with E-state index in [4.69, 9.17) is 0 Å². The maximum absolute atomic E-state index is 11.6. The van der Waals surface area contributed by atoms with Crippen LogP contribution in [0.3, 0.4) is 0 Å². The Labute approximate surface area is 76.7 Å². The van der Waals surface area contributed by atoms with Crippen LogP contribution in [-0.2, 0) is 4.79 Å². The minimum atomic E-state index is -1.03. The molecule has 5 heteroatoms. The van der Waals surface area contributed by atoms with Crippen LogP contribution in [0, 0.1) is 4.91 Å². The van der Waals surface area contributed by atoms with E-state index < -0.39 is 17.1 Å². The number of rotatable bonds is 1. The Hall–Kier alpha value is -0.810. The van der Waals surface area contributed by atoms with Gasteiger partial charge in [-0.25, -0.2) is 0 Å². The van der Waals surface area contributed by atoms with Crippen LogP contribution in [0.25, 0.3) is 0 Å². The second kappa shape index (κ2) is 2.59. The van der Waals surface area contributed by atoms with E-state index in [1.54, 1.807) is 27.7 Å². The summed E-state index contributed by atoms with van der Waals surface area (Å²) in [6, 6.07) is -0.993. The lowest BCUT2D eigenvalue weighted by Gasteiger charge is -2.32. The molecule has 5 nitrogen and oxygen atoms in total. The topological polar surface area (TPSA) is 70.0 Å². The standard InChI is InChI=1S/C8H14N2O3/c1-7(2)5(9-12)6(11)8(3,4)10(7)13/h5,13H,1-4H3. The monoisotopic (exact) mass is 186 g/mol. The summed E-state index contributed by atoms with van der Waals surface area (Å²) in [5, 5.41) is 13.3. The number of hydrogen-bond donors (Lipinski definition) is 1. The van der Waals surface area contributed by atoms with Crippen LogP contribution in [0.5, 0.6) is 0 Å². The smallest absolute Gasteiger partial charge is 0.184 e. The Kier molecular flexibility index (Phi) is 2.04. The van der Waals surface area contributed by atoms with Crippen molar-refractivity contribution >= 4 is 5.78 Å². The van der Waals surface area contributed by atoms with Crippen molar-refractivity contribution in [3.05, 3.63) is 4.91 Å². The van der Waals surface area contributed by atoms with Gasteiger partial charge in [-0.2, -0.15) is 5.06 Å². The molecule has 1 atom stereocenters. The van der Waals surface area contributed by atoms with E-state index in [1.165, 1.54) is 0 Å². The van der Waals surface area contributed by atoms with Crippen molar-refractivity contribution < 1.29 is 10.0 Å². The number of hydrogen-bond acceptors (Lipinski definition) is 5. The molecule has 1 saturated heterocycles. The molecular weight excluding hydrogens is 172 g/mol. The van der Waals surface area contributed by atoms with Gasteiger partial charge in [-0.3, -0.25) is 4.79 Å². The summed E-state index contributed by atoms with van der Waals surface area (Å²) in [4.78, 5) is 22.0. The molecule has 0 aromatic heterocycles. The van der Waals surface area contributed by atoms with Gasteiger partial charge in [0.25, 0.3) is 0 Å². The zero-order valence-electron chi connectivity index (χ0n) is 8.24. The summed E-state index contributed by atoms with van der Waals surface area (Å²) < 4.78 is 0. The van der Waals surface area contributed by atoms with Gasteiger partial charge >= 0.3 is 0 Å². The molecule has 13 heavy (non-hydrogen) atoms. The van der Waals surface area contributed by atoms with E-state index in [2.05, 4.69) is 5.18 Å². The second-order valence-electron chi connectivity index (χ2n) is 4.40. The van der Waals surface area contributed by atoms with Crippen LogP contribution in [0.4, 0.5) is 0 Å². The van der Waals surface area contributed by atoms with Crippen LogP contribution in [0.2, 0.25) is 0 Å². The largest absolute Gasteiger partial charge is 0.312 e. The summed E-state index contributed by atoms with van der Waals surface area (Å²) in [7, 11) is 0. The Balaban J connectivity index is 3.19. The van der Waals surface area contributed by atoms with E-state index in [1.807, 2.05) is 0 Å². The molecular formula is C8H14N2O3. The van der Waals surface area contributed by atoms with Crippen molar-refractivity contribution in [1.29, 1.82) is 0 Å². The quantitative estimate of drug-likeness (QED) is 0.619. The first-order valence-electron chi connectivity index (χ1n) is 4.12. The number of Topliss-reactive ketones (excluding diaryl/α,β-unsaturated/α-hetero) is 1. The average molecular weight is 186 g/mol. The zero-order valence-corrected chi connectivity index (χ0v) is 8.24. The van der Waals surface area contributed by atoms with Crippen molar-refractivity contribution in [3.8, 4) is 0 Å². The highest BCUT2D eigenvalue weighted by atomic mass is 16.5. The lowest BCUT2D eigenvalue weighted by atomic mass is 9.94. The summed E-state index contributed by atoms with van der Waals surface area (Å²) in [6.07, 6.45) is 0. The maximum atomic E-state index is 11.6. The summed E-state index contributed by atoms with van der Waals surface area (Å²) in [5.41, 5.74) is -1.94. The fourth-order valence-electron chi connectivity index (χ4n) is 1.77. The predicted molar refractivity (Wildman–Crippen MR) is 46.4 cm³/mol. The van der Waals surface area contributed by atoms with E-state index in [-0.39, 0.29) is 5.78 Å². The molecule has 0 amide bonds. The van der Waals surface area contributed by atoms with Gasteiger partial charge in [0.1, 0.15) is 5.54 Å². The highest BCUT2D eigenvalue weighted by molar-refractivity contribution is 5.96. The molecule has 0 saturated carbocycles.